The molecule has 0 atom stereocenters. The van der Waals surface area contributed by atoms with E-state index in [4.69, 9.17) is 9.05 Å². The van der Waals surface area contributed by atoms with Gasteiger partial charge in [-0.1, -0.05) is 19.3 Å². The maximum absolute atomic E-state index is 5.77. The average molecular weight is 273 g/mol. The minimum atomic E-state index is -0.910. The Bertz CT molecular complexity index is 228. The second kappa shape index (κ2) is 8.90. The highest BCUT2D eigenvalue weighted by Gasteiger charge is 2.13. The van der Waals surface area contributed by atoms with Gasteiger partial charge in [0.1, 0.15) is 0 Å². The third kappa shape index (κ3) is 7.35. The van der Waals surface area contributed by atoms with Crippen LogP contribution in [0.1, 0.15) is 59.8 Å². The first kappa shape index (κ1) is 15.9. The molecule has 1 rings (SSSR count). The molecule has 106 valence electrons. The molecular formula is C14H28NO2P. The van der Waals surface area contributed by atoms with E-state index < -0.39 is 8.38 Å². The number of hydrogen-bond donors (Lipinski definition) is 1. The summed E-state index contributed by atoms with van der Waals surface area (Å²) in [5, 5.41) is 3.47. The van der Waals surface area contributed by atoms with Gasteiger partial charge in [-0.05, 0) is 40.5 Å². The molecule has 1 saturated carbocycles. The van der Waals surface area contributed by atoms with Crippen molar-refractivity contribution in [1.82, 2.24) is 5.32 Å². The second-order valence-corrected chi connectivity index (χ2v) is 6.70. The molecule has 0 amide bonds. The first-order valence-corrected chi connectivity index (χ1v) is 8.38. The van der Waals surface area contributed by atoms with Gasteiger partial charge < -0.3 is 14.4 Å². The first-order chi connectivity index (χ1) is 8.58. The Kier molecular flexibility index (Phi) is 7.88. The Morgan fingerprint density at radius 3 is 2.06 bits per heavy atom. The highest BCUT2D eigenvalue weighted by Crippen LogP contribution is 2.42. The Morgan fingerprint density at radius 1 is 1.00 bits per heavy atom. The molecule has 3 nitrogen and oxygen atoms in total. The molecule has 1 aliphatic rings. The summed E-state index contributed by atoms with van der Waals surface area (Å²) in [4.78, 5) is 0. The highest BCUT2D eigenvalue weighted by atomic mass is 31.2. The van der Waals surface area contributed by atoms with E-state index in [1.165, 1.54) is 32.1 Å². The molecule has 0 spiro atoms. The molecule has 18 heavy (non-hydrogen) atoms. The zero-order valence-corrected chi connectivity index (χ0v) is 13.1. The van der Waals surface area contributed by atoms with Gasteiger partial charge >= 0.3 is 0 Å². The van der Waals surface area contributed by atoms with Crippen LogP contribution in [0.5, 0.6) is 0 Å². The molecule has 0 aromatic heterocycles. The quantitative estimate of drug-likeness (QED) is 0.691. The van der Waals surface area contributed by atoms with E-state index in [1.54, 1.807) is 0 Å². The van der Waals surface area contributed by atoms with Gasteiger partial charge in [-0.25, -0.2) is 0 Å². The summed E-state index contributed by atoms with van der Waals surface area (Å²) in [6.07, 6.45) is 9.12. The zero-order chi connectivity index (χ0) is 13.4. The van der Waals surface area contributed by atoms with Crippen LogP contribution >= 0.6 is 8.38 Å². The molecule has 1 fully saturated rings. The Morgan fingerprint density at radius 2 is 1.56 bits per heavy atom. The summed E-state index contributed by atoms with van der Waals surface area (Å²) in [5.74, 6) is 2.05. The van der Waals surface area contributed by atoms with Gasteiger partial charge in [-0.3, -0.25) is 0 Å². The van der Waals surface area contributed by atoms with E-state index >= 15 is 0 Å². The molecule has 4 heteroatoms. The molecule has 0 unspecified atom stereocenters. The predicted molar refractivity (Wildman–Crippen MR) is 78.5 cm³/mol. The standard InChI is InChI=1S/C14H28NO2P/c1-12(2)16-18(17-13(3)4)11-10-15-14-8-6-5-7-9-14/h10-15H,5-9H2,1-4H3/b11-10+. The molecule has 0 radical (unpaired) electrons. The molecule has 0 bridgehead atoms. The van der Waals surface area contributed by atoms with Crippen LogP contribution in [0.2, 0.25) is 0 Å². The summed E-state index contributed by atoms with van der Waals surface area (Å²) >= 11 is 0. The van der Waals surface area contributed by atoms with Gasteiger partial charge in [-0.15, -0.1) is 0 Å². The molecular weight excluding hydrogens is 245 g/mol. The lowest BCUT2D eigenvalue weighted by molar-refractivity contribution is 0.183. The van der Waals surface area contributed by atoms with Gasteiger partial charge in [0.05, 0.1) is 12.2 Å². The first-order valence-electron chi connectivity index (χ1n) is 7.13. The van der Waals surface area contributed by atoms with Crippen molar-refractivity contribution in [2.45, 2.75) is 78.0 Å². The topological polar surface area (TPSA) is 30.5 Å². The van der Waals surface area contributed by atoms with Crippen LogP contribution in [-0.2, 0) is 9.05 Å². The van der Waals surface area contributed by atoms with Crippen molar-refractivity contribution >= 4 is 8.38 Å². The van der Waals surface area contributed by atoms with Crippen LogP contribution in [0.4, 0.5) is 0 Å². The largest absolute Gasteiger partial charge is 0.388 e. The van der Waals surface area contributed by atoms with Crippen LogP contribution in [0, 0.1) is 0 Å². The Hall–Kier alpha value is -0.110. The molecule has 0 aromatic rings. The summed E-state index contributed by atoms with van der Waals surface area (Å²) in [7, 11) is -0.910. The Balaban J connectivity index is 2.33. The molecule has 0 saturated heterocycles. The zero-order valence-electron chi connectivity index (χ0n) is 12.2. The summed E-state index contributed by atoms with van der Waals surface area (Å²) < 4.78 is 11.5. The predicted octanol–water partition coefficient (Wildman–Crippen LogP) is 4.54. The van der Waals surface area contributed by atoms with E-state index in [0.717, 1.165) is 0 Å². The van der Waals surface area contributed by atoms with Crippen LogP contribution in [-0.4, -0.2) is 18.2 Å². The maximum atomic E-state index is 5.77. The minimum Gasteiger partial charge on any atom is -0.388 e. The van der Waals surface area contributed by atoms with Crippen LogP contribution in [0.3, 0.4) is 0 Å². The summed E-state index contributed by atoms with van der Waals surface area (Å²) in [6.45, 7) is 8.17. The normalized spacial score (nSPS) is 18.4. The molecule has 0 aliphatic heterocycles. The number of rotatable bonds is 7. The summed E-state index contributed by atoms with van der Waals surface area (Å²) in [6, 6.07) is 0.643. The maximum Gasteiger partial charge on any atom is 0.199 e. The van der Waals surface area contributed by atoms with Crippen LogP contribution < -0.4 is 5.32 Å². The highest BCUT2D eigenvalue weighted by molar-refractivity contribution is 7.50. The second-order valence-electron chi connectivity index (χ2n) is 5.41. The molecule has 0 heterocycles. The fourth-order valence-electron chi connectivity index (χ4n) is 2.02. The smallest absolute Gasteiger partial charge is 0.199 e. The molecule has 0 aromatic carbocycles. The van der Waals surface area contributed by atoms with Crippen molar-refractivity contribution in [3.63, 3.8) is 0 Å². The van der Waals surface area contributed by atoms with Crippen LogP contribution in [0.15, 0.2) is 12.0 Å². The van der Waals surface area contributed by atoms with Gasteiger partial charge in [0.2, 0.25) is 0 Å². The minimum absolute atomic E-state index is 0.203. The molecule has 1 N–H and O–H groups in total. The van der Waals surface area contributed by atoms with E-state index in [2.05, 4.69) is 5.32 Å². The van der Waals surface area contributed by atoms with Crippen molar-refractivity contribution in [3.8, 4) is 0 Å². The lowest BCUT2D eigenvalue weighted by atomic mass is 9.96. The monoisotopic (exact) mass is 273 g/mol. The van der Waals surface area contributed by atoms with Crippen molar-refractivity contribution in [2.75, 3.05) is 0 Å². The average Bonchev–Trinajstić information content (AvgIpc) is 2.28. The van der Waals surface area contributed by atoms with Crippen molar-refractivity contribution in [3.05, 3.63) is 12.0 Å². The van der Waals surface area contributed by atoms with Gasteiger partial charge in [0.15, 0.2) is 8.38 Å². The SMILES string of the molecule is CC(C)OP(/C=C/NC1CCCCC1)OC(C)C. The lowest BCUT2D eigenvalue weighted by Crippen LogP contribution is -2.26. The van der Waals surface area contributed by atoms with Gasteiger partial charge in [0, 0.05) is 18.1 Å². The van der Waals surface area contributed by atoms with E-state index in [1.807, 2.05) is 39.7 Å². The fourth-order valence-corrected chi connectivity index (χ4v) is 3.25. The van der Waals surface area contributed by atoms with Crippen molar-refractivity contribution < 1.29 is 9.05 Å². The lowest BCUT2D eigenvalue weighted by Gasteiger charge is -2.22. The van der Waals surface area contributed by atoms with E-state index in [9.17, 15) is 0 Å². The van der Waals surface area contributed by atoms with Gasteiger partial charge in [-0.2, -0.15) is 0 Å². The van der Waals surface area contributed by atoms with Crippen molar-refractivity contribution in [1.29, 1.82) is 0 Å². The fraction of sp³-hybridized carbons (Fsp3) is 0.857. The number of nitrogens with one attached hydrogen (secondary N) is 1. The van der Waals surface area contributed by atoms with E-state index in [0.29, 0.717) is 6.04 Å². The number of hydrogen-bond acceptors (Lipinski definition) is 3. The third-order valence-corrected chi connectivity index (χ3v) is 4.41. The summed E-state index contributed by atoms with van der Waals surface area (Å²) in [5.41, 5.74) is 0. The van der Waals surface area contributed by atoms with Crippen LogP contribution in [0.25, 0.3) is 0 Å². The third-order valence-electron chi connectivity index (χ3n) is 2.76. The Labute approximate surface area is 113 Å². The van der Waals surface area contributed by atoms with E-state index in [-0.39, 0.29) is 12.2 Å². The van der Waals surface area contributed by atoms with Crippen molar-refractivity contribution in [2.24, 2.45) is 0 Å². The molecule has 1 aliphatic carbocycles. The van der Waals surface area contributed by atoms with Gasteiger partial charge in [0.25, 0.3) is 0 Å².